The molecule has 1 heterocycles. The summed E-state index contributed by atoms with van der Waals surface area (Å²) >= 11 is 2.03. The summed E-state index contributed by atoms with van der Waals surface area (Å²) in [6.07, 6.45) is 0. The number of hydrogen-bond donors (Lipinski definition) is 1. The molecule has 92 valence electrons. The van der Waals surface area contributed by atoms with Crippen LogP contribution in [-0.2, 0) is 11.3 Å². The van der Waals surface area contributed by atoms with Crippen LogP contribution >= 0.6 is 11.8 Å². The molecule has 1 amide bonds. The van der Waals surface area contributed by atoms with Gasteiger partial charge >= 0.3 is 0 Å². The summed E-state index contributed by atoms with van der Waals surface area (Å²) in [6, 6.07) is 8.12. The van der Waals surface area contributed by atoms with Crippen LogP contribution in [0.15, 0.2) is 24.3 Å². The number of nitrogens with one attached hydrogen (secondary N) is 1. The van der Waals surface area contributed by atoms with Gasteiger partial charge in [-0.2, -0.15) is 11.8 Å². The van der Waals surface area contributed by atoms with Crippen molar-refractivity contribution in [3.63, 3.8) is 0 Å². The van der Waals surface area contributed by atoms with Gasteiger partial charge in [0, 0.05) is 43.8 Å². The summed E-state index contributed by atoms with van der Waals surface area (Å²) in [4.78, 5) is 13.4. The predicted octanol–water partition coefficient (Wildman–Crippen LogP) is 2.19. The number of carbonyl (C=O) groups is 1. The fourth-order valence-electron chi connectivity index (χ4n) is 1.91. The molecule has 3 nitrogen and oxygen atoms in total. The third kappa shape index (κ3) is 4.06. The number of nitrogens with zero attached hydrogens (tertiary/aromatic N) is 1. The number of amides is 1. The van der Waals surface area contributed by atoms with Crippen molar-refractivity contribution in [2.24, 2.45) is 0 Å². The summed E-state index contributed by atoms with van der Waals surface area (Å²) in [6.45, 7) is 4.90. The average Bonchev–Trinajstić information content (AvgIpc) is 2.32. The Morgan fingerprint density at radius 3 is 2.53 bits per heavy atom. The number of thioether (sulfide) groups is 1. The van der Waals surface area contributed by atoms with Crippen molar-refractivity contribution in [3.8, 4) is 0 Å². The Hall–Kier alpha value is -1.00. The molecule has 1 N–H and O–H groups in total. The molecule has 0 unspecified atom stereocenters. The second-order valence-corrected chi connectivity index (χ2v) is 5.49. The highest BCUT2D eigenvalue weighted by molar-refractivity contribution is 7.99. The number of rotatable bonds is 3. The molecule has 1 aromatic rings. The minimum Gasteiger partial charge on any atom is -0.326 e. The van der Waals surface area contributed by atoms with Crippen LogP contribution in [0.4, 0.5) is 5.69 Å². The molecule has 1 aromatic carbocycles. The molecule has 0 bridgehead atoms. The van der Waals surface area contributed by atoms with Crippen molar-refractivity contribution < 1.29 is 4.79 Å². The van der Waals surface area contributed by atoms with Gasteiger partial charge in [0.05, 0.1) is 0 Å². The van der Waals surface area contributed by atoms with Crippen molar-refractivity contribution >= 4 is 23.4 Å². The molecule has 0 radical (unpaired) electrons. The quantitative estimate of drug-likeness (QED) is 0.892. The summed E-state index contributed by atoms with van der Waals surface area (Å²) < 4.78 is 0. The molecule has 1 fully saturated rings. The highest BCUT2D eigenvalue weighted by Gasteiger charge is 2.10. The lowest BCUT2D eigenvalue weighted by molar-refractivity contribution is -0.114. The maximum absolute atomic E-state index is 10.9. The lowest BCUT2D eigenvalue weighted by atomic mass is 10.2. The molecule has 2 rings (SSSR count). The van der Waals surface area contributed by atoms with E-state index in [0.717, 1.165) is 12.2 Å². The molecular weight excluding hydrogens is 232 g/mol. The molecule has 0 saturated carbocycles. The maximum Gasteiger partial charge on any atom is 0.221 e. The van der Waals surface area contributed by atoms with Gasteiger partial charge in [0.1, 0.15) is 0 Å². The molecule has 0 spiro atoms. The SMILES string of the molecule is CC(=O)Nc1ccc(CN2CCSCC2)cc1. The van der Waals surface area contributed by atoms with Crippen LogP contribution in [-0.4, -0.2) is 35.4 Å². The zero-order valence-electron chi connectivity index (χ0n) is 10.1. The van der Waals surface area contributed by atoms with Gasteiger partial charge in [-0.05, 0) is 17.7 Å². The summed E-state index contributed by atoms with van der Waals surface area (Å²) in [5.41, 5.74) is 2.18. The number of carbonyl (C=O) groups excluding carboxylic acids is 1. The van der Waals surface area contributed by atoms with E-state index >= 15 is 0 Å². The highest BCUT2D eigenvalue weighted by Crippen LogP contribution is 2.15. The van der Waals surface area contributed by atoms with Gasteiger partial charge in [-0.15, -0.1) is 0 Å². The van der Waals surface area contributed by atoms with E-state index in [1.807, 2.05) is 23.9 Å². The molecule has 0 atom stereocenters. The van der Waals surface area contributed by atoms with Gasteiger partial charge in [0.2, 0.25) is 5.91 Å². The van der Waals surface area contributed by atoms with Crippen LogP contribution in [0.2, 0.25) is 0 Å². The number of benzene rings is 1. The van der Waals surface area contributed by atoms with Crippen LogP contribution in [0.25, 0.3) is 0 Å². The molecule has 0 aliphatic carbocycles. The fourth-order valence-corrected chi connectivity index (χ4v) is 2.89. The largest absolute Gasteiger partial charge is 0.326 e. The lowest BCUT2D eigenvalue weighted by Crippen LogP contribution is -2.31. The van der Waals surface area contributed by atoms with E-state index in [1.54, 1.807) is 0 Å². The minimum absolute atomic E-state index is 0.0224. The van der Waals surface area contributed by atoms with Crippen molar-refractivity contribution in [2.45, 2.75) is 13.5 Å². The average molecular weight is 250 g/mol. The van der Waals surface area contributed by atoms with Crippen molar-refractivity contribution in [3.05, 3.63) is 29.8 Å². The normalized spacial score (nSPS) is 16.8. The first kappa shape index (κ1) is 12.5. The van der Waals surface area contributed by atoms with Gasteiger partial charge in [0.25, 0.3) is 0 Å². The van der Waals surface area contributed by atoms with Gasteiger partial charge in [0.15, 0.2) is 0 Å². The van der Waals surface area contributed by atoms with Gasteiger partial charge in [-0.25, -0.2) is 0 Å². The van der Waals surface area contributed by atoms with Crippen LogP contribution in [0, 0.1) is 0 Å². The first-order valence-electron chi connectivity index (χ1n) is 5.91. The van der Waals surface area contributed by atoms with E-state index in [-0.39, 0.29) is 5.91 Å². The Labute approximate surface area is 107 Å². The van der Waals surface area contributed by atoms with Crippen LogP contribution in [0.1, 0.15) is 12.5 Å². The first-order valence-corrected chi connectivity index (χ1v) is 7.06. The topological polar surface area (TPSA) is 32.3 Å². The summed E-state index contributed by atoms with van der Waals surface area (Å²) in [5, 5.41) is 2.78. The smallest absolute Gasteiger partial charge is 0.221 e. The van der Waals surface area contributed by atoms with Crippen LogP contribution in [0.3, 0.4) is 0 Å². The predicted molar refractivity (Wildman–Crippen MR) is 73.3 cm³/mol. The highest BCUT2D eigenvalue weighted by atomic mass is 32.2. The van der Waals surface area contributed by atoms with Crippen molar-refractivity contribution in [1.29, 1.82) is 0 Å². The van der Waals surface area contributed by atoms with E-state index in [9.17, 15) is 4.79 Å². The Balaban J connectivity index is 1.90. The Bertz CT molecular complexity index is 372. The molecule has 0 aromatic heterocycles. The minimum atomic E-state index is -0.0224. The second kappa shape index (κ2) is 6.07. The monoisotopic (exact) mass is 250 g/mol. The van der Waals surface area contributed by atoms with Gasteiger partial charge < -0.3 is 5.32 Å². The van der Waals surface area contributed by atoms with E-state index in [0.29, 0.717) is 0 Å². The zero-order valence-corrected chi connectivity index (χ0v) is 10.9. The Morgan fingerprint density at radius 2 is 1.94 bits per heavy atom. The standard InChI is InChI=1S/C13H18N2OS/c1-11(16)14-13-4-2-12(3-5-13)10-15-6-8-17-9-7-15/h2-5H,6-10H2,1H3,(H,14,16). The van der Waals surface area contributed by atoms with Crippen molar-refractivity contribution in [2.75, 3.05) is 29.9 Å². The zero-order chi connectivity index (χ0) is 12.1. The summed E-state index contributed by atoms with van der Waals surface area (Å²) in [5.74, 6) is 2.46. The third-order valence-corrected chi connectivity index (χ3v) is 3.73. The lowest BCUT2D eigenvalue weighted by Gasteiger charge is -2.26. The molecule has 1 saturated heterocycles. The van der Waals surface area contributed by atoms with Crippen molar-refractivity contribution in [1.82, 2.24) is 4.90 Å². The van der Waals surface area contributed by atoms with Crippen LogP contribution < -0.4 is 5.32 Å². The molecule has 17 heavy (non-hydrogen) atoms. The number of anilines is 1. The fraction of sp³-hybridized carbons (Fsp3) is 0.462. The van der Waals surface area contributed by atoms with E-state index in [1.165, 1.54) is 37.1 Å². The first-order chi connectivity index (χ1) is 8.24. The van der Waals surface area contributed by atoms with Crippen LogP contribution in [0.5, 0.6) is 0 Å². The Morgan fingerprint density at radius 1 is 1.29 bits per heavy atom. The van der Waals surface area contributed by atoms with E-state index in [4.69, 9.17) is 0 Å². The molecule has 1 aliphatic rings. The third-order valence-electron chi connectivity index (χ3n) is 2.78. The second-order valence-electron chi connectivity index (χ2n) is 4.27. The molecule has 4 heteroatoms. The Kier molecular flexibility index (Phi) is 4.45. The van der Waals surface area contributed by atoms with E-state index in [2.05, 4.69) is 22.3 Å². The molecule has 1 aliphatic heterocycles. The van der Waals surface area contributed by atoms with Gasteiger partial charge in [-0.3, -0.25) is 9.69 Å². The van der Waals surface area contributed by atoms with E-state index < -0.39 is 0 Å². The van der Waals surface area contributed by atoms with Gasteiger partial charge in [-0.1, -0.05) is 12.1 Å². The maximum atomic E-state index is 10.9. The molecular formula is C13H18N2OS. The number of hydrogen-bond acceptors (Lipinski definition) is 3. The summed E-state index contributed by atoms with van der Waals surface area (Å²) in [7, 11) is 0.